The van der Waals surface area contributed by atoms with Crippen LogP contribution in [-0.4, -0.2) is 23.6 Å². The lowest BCUT2D eigenvalue weighted by Crippen LogP contribution is -2.29. The fraction of sp³-hybridized carbons (Fsp3) is 0.0667. The molecule has 4 aromatic rings. The number of fused-ring (bicyclic) bond motifs is 1. The Kier molecular flexibility index (Phi) is 5.76. The molecule has 38 heavy (non-hydrogen) atoms. The van der Waals surface area contributed by atoms with Gasteiger partial charge in [-0.3, -0.25) is 14.5 Å². The lowest BCUT2D eigenvalue weighted by Gasteiger charge is -2.25. The van der Waals surface area contributed by atoms with Crippen LogP contribution in [0.15, 0.2) is 103 Å². The lowest BCUT2D eigenvalue weighted by atomic mass is 9.95. The van der Waals surface area contributed by atoms with Crippen molar-refractivity contribution in [1.82, 2.24) is 0 Å². The SMILES string of the molecule is O=C1C(=O)N(c2ccc(F)cc2)C(c2cccc(Oc3ccccc3)c2)/C1=C(/O)c1ccc2c(c1)OCO2. The second kappa shape index (κ2) is 9.40. The maximum absolute atomic E-state index is 13.7. The van der Waals surface area contributed by atoms with E-state index in [2.05, 4.69) is 0 Å². The number of amides is 1. The Balaban J connectivity index is 1.49. The Morgan fingerprint density at radius 2 is 1.58 bits per heavy atom. The Hall–Kier alpha value is -5.11. The van der Waals surface area contributed by atoms with E-state index < -0.39 is 23.5 Å². The van der Waals surface area contributed by atoms with Crippen LogP contribution in [0.2, 0.25) is 0 Å². The number of aliphatic hydroxyl groups is 1. The van der Waals surface area contributed by atoms with Crippen molar-refractivity contribution in [3.05, 3.63) is 120 Å². The van der Waals surface area contributed by atoms with Crippen LogP contribution < -0.4 is 19.1 Å². The summed E-state index contributed by atoms with van der Waals surface area (Å²) in [5.41, 5.74) is 0.991. The number of Topliss-reactive ketones (excluding diaryl/α,β-unsaturated/α-hetero) is 1. The second-order valence-electron chi connectivity index (χ2n) is 8.70. The molecule has 1 N–H and O–H groups in total. The van der Waals surface area contributed by atoms with Gasteiger partial charge in [0, 0.05) is 11.3 Å². The van der Waals surface area contributed by atoms with Crippen molar-refractivity contribution in [3.8, 4) is 23.0 Å². The third-order valence-corrected chi connectivity index (χ3v) is 6.35. The number of carbonyl (C=O) groups is 2. The van der Waals surface area contributed by atoms with Crippen molar-refractivity contribution in [3.63, 3.8) is 0 Å². The number of nitrogens with zero attached hydrogens (tertiary/aromatic N) is 1. The number of hydrogen-bond donors (Lipinski definition) is 1. The number of para-hydroxylation sites is 1. The minimum absolute atomic E-state index is 0.0444. The number of carbonyl (C=O) groups excluding carboxylic acids is 2. The quantitative estimate of drug-likeness (QED) is 0.203. The summed E-state index contributed by atoms with van der Waals surface area (Å²) < 4.78 is 30.4. The maximum Gasteiger partial charge on any atom is 0.300 e. The zero-order valence-corrected chi connectivity index (χ0v) is 19.8. The van der Waals surface area contributed by atoms with Crippen molar-refractivity contribution >= 4 is 23.1 Å². The molecule has 4 aromatic carbocycles. The van der Waals surface area contributed by atoms with Crippen molar-refractivity contribution in [1.29, 1.82) is 0 Å². The van der Waals surface area contributed by atoms with Crippen LogP contribution in [0.25, 0.3) is 5.76 Å². The molecule has 2 aliphatic rings. The summed E-state index contributed by atoms with van der Waals surface area (Å²) >= 11 is 0. The molecule has 7 nitrogen and oxygen atoms in total. The summed E-state index contributed by atoms with van der Waals surface area (Å²) in [7, 11) is 0. The van der Waals surface area contributed by atoms with Crippen molar-refractivity contribution in [2.24, 2.45) is 0 Å². The molecule has 0 aliphatic carbocycles. The van der Waals surface area contributed by atoms with E-state index in [0.717, 1.165) is 0 Å². The standard InChI is InChI=1S/C30H20FNO6/c31-20-10-12-21(13-11-20)32-27(18-5-4-8-23(15-18)38-22-6-2-1-3-7-22)26(29(34)30(32)35)28(33)19-9-14-24-25(16-19)37-17-36-24/h1-16,27,33H,17H2/b28-26-. The first-order chi connectivity index (χ1) is 18.5. The smallest absolute Gasteiger partial charge is 0.300 e. The number of ether oxygens (including phenoxy) is 3. The van der Waals surface area contributed by atoms with Crippen molar-refractivity contribution in [2.45, 2.75) is 6.04 Å². The molecule has 1 amide bonds. The summed E-state index contributed by atoms with van der Waals surface area (Å²) in [6, 6.07) is 25.1. The normalized spacial score (nSPS) is 17.6. The van der Waals surface area contributed by atoms with Crippen molar-refractivity contribution < 1.29 is 33.3 Å². The van der Waals surface area contributed by atoms with Gasteiger partial charge in [-0.15, -0.1) is 0 Å². The van der Waals surface area contributed by atoms with Crippen LogP contribution in [0.1, 0.15) is 17.2 Å². The van der Waals surface area contributed by atoms with Gasteiger partial charge in [0.1, 0.15) is 23.1 Å². The summed E-state index contributed by atoms with van der Waals surface area (Å²) in [6.07, 6.45) is 0. The van der Waals surface area contributed by atoms with Gasteiger partial charge < -0.3 is 19.3 Å². The van der Waals surface area contributed by atoms with E-state index in [0.29, 0.717) is 34.2 Å². The highest BCUT2D eigenvalue weighted by molar-refractivity contribution is 6.51. The molecule has 1 saturated heterocycles. The van der Waals surface area contributed by atoms with E-state index in [1.54, 1.807) is 54.6 Å². The Labute approximate surface area is 216 Å². The van der Waals surface area contributed by atoms with Gasteiger partial charge in [-0.1, -0.05) is 30.3 Å². The van der Waals surface area contributed by atoms with E-state index >= 15 is 0 Å². The summed E-state index contributed by atoms with van der Waals surface area (Å²) in [4.78, 5) is 28.0. The molecular weight excluding hydrogens is 489 g/mol. The first-order valence-electron chi connectivity index (χ1n) is 11.8. The summed E-state index contributed by atoms with van der Waals surface area (Å²) in [6.45, 7) is 0.0444. The van der Waals surface area contributed by atoms with Crippen molar-refractivity contribution in [2.75, 3.05) is 11.7 Å². The molecule has 8 heteroatoms. The second-order valence-corrected chi connectivity index (χ2v) is 8.70. The van der Waals surface area contributed by atoms with Crippen LogP contribution in [0.5, 0.6) is 23.0 Å². The van der Waals surface area contributed by atoms with E-state index in [1.807, 2.05) is 18.2 Å². The number of hydrogen-bond acceptors (Lipinski definition) is 6. The fourth-order valence-corrected chi connectivity index (χ4v) is 4.59. The third-order valence-electron chi connectivity index (χ3n) is 6.35. The molecule has 0 bridgehead atoms. The molecule has 1 unspecified atom stereocenters. The fourth-order valence-electron chi connectivity index (χ4n) is 4.59. The van der Waals surface area contributed by atoms with E-state index in [9.17, 15) is 19.1 Å². The van der Waals surface area contributed by atoms with Gasteiger partial charge in [0.2, 0.25) is 6.79 Å². The number of rotatable bonds is 5. The highest BCUT2D eigenvalue weighted by Gasteiger charge is 2.47. The predicted octanol–water partition coefficient (Wildman–Crippen LogP) is 5.97. The minimum atomic E-state index is -1.01. The average molecular weight is 509 g/mol. The van der Waals surface area contributed by atoms with Crippen LogP contribution in [0.3, 0.4) is 0 Å². The molecule has 6 rings (SSSR count). The molecule has 0 spiro atoms. The summed E-state index contributed by atoms with van der Waals surface area (Å²) in [5, 5.41) is 11.4. The van der Waals surface area contributed by atoms with Gasteiger partial charge in [0.05, 0.1) is 11.6 Å². The minimum Gasteiger partial charge on any atom is -0.507 e. The average Bonchev–Trinajstić information content (AvgIpc) is 3.51. The van der Waals surface area contributed by atoms with Gasteiger partial charge in [0.25, 0.3) is 11.7 Å². The molecule has 2 aliphatic heterocycles. The number of ketones is 1. The predicted molar refractivity (Wildman–Crippen MR) is 137 cm³/mol. The maximum atomic E-state index is 13.7. The number of aliphatic hydroxyl groups excluding tert-OH is 1. The topological polar surface area (TPSA) is 85.3 Å². The van der Waals surface area contributed by atoms with Gasteiger partial charge in [-0.05, 0) is 72.3 Å². The van der Waals surface area contributed by atoms with E-state index in [-0.39, 0.29) is 23.7 Å². The Morgan fingerprint density at radius 3 is 2.37 bits per heavy atom. The zero-order valence-electron chi connectivity index (χ0n) is 19.8. The molecule has 0 radical (unpaired) electrons. The Morgan fingerprint density at radius 1 is 0.842 bits per heavy atom. The van der Waals surface area contributed by atoms with Crippen LogP contribution in [-0.2, 0) is 9.59 Å². The molecule has 188 valence electrons. The molecule has 1 atom stereocenters. The van der Waals surface area contributed by atoms with E-state index in [4.69, 9.17) is 14.2 Å². The Bertz CT molecular complexity index is 1580. The lowest BCUT2D eigenvalue weighted by molar-refractivity contribution is -0.132. The van der Waals surface area contributed by atoms with Gasteiger partial charge >= 0.3 is 0 Å². The molecule has 0 aromatic heterocycles. The van der Waals surface area contributed by atoms with Gasteiger partial charge in [-0.2, -0.15) is 0 Å². The van der Waals surface area contributed by atoms with Gasteiger partial charge in [0.15, 0.2) is 11.5 Å². The number of anilines is 1. The summed E-state index contributed by atoms with van der Waals surface area (Å²) in [5.74, 6) is -0.570. The van der Waals surface area contributed by atoms with Crippen LogP contribution in [0.4, 0.5) is 10.1 Å². The highest BCUT2D eigenvalue weighted by atomic mass is 19.1. The first-order valence-corrected chi connectivity index (χ1v) is 11.8. The molecule has 1 fully saturated rings. The monoisotopic (exact) mass is 509 g/mol. The van der Waals surface area contributed by atoms with E-state index in [1.165, 1.54) is 29.2 Å². The third kappa shape index (κ3) is 4.12. The molecular formula is C30H20FNO6. The molecule has 0 saturated carbocycles. The van der Waals surface area contributed by atoms with Crippen LogP contribution >= 0.6 is 0 Å². The van der Waals surface area contributed by atoms with Gasteiger partial charge in [-0.25, -0.2) is 4.39 Å². The molecule has 2 heterocycles. The largest absolute Gasteiger partial charge is 0.507 e. The van der Waals surface area contributed by atoms with Crippen LogP contribution in [0, 0.1) is 5.82 Å². The number of benzene rings is 4. The number of halogens is 1. The first kappa shape index (κ1) is 23.3. The zero-order chi connectivity index (χ0) is 26.2. The highest BCUT2D eigenvalue weighted by Crippen LogP contribution is 2.44.